The number of aromatic nitrogens is 3. The monoisotopic (exact) mass is 382 g/mol. The van der Waals surface area contributed by atoms with E-state index in [9.17, 15) is 9.59 Å². The van der Waals surface area contributed by atoms with Crippen LogP contribution in [-0.4, -0.2) is 74.1 Å². The Balaban J connectivity index is 1.48. The Bertz CT molecular complexity index is 746. The van der Waals surface area contributed by atoms with Crippen molar-refractivity contribution in [2.45, 2.75) is 6.54 Å². The molecular formula is C16H26N6O5. The Morgan fingerprint density at radius 2 is 1.74 bits per heavy atom. The molecule has 6 N–H and O–H groups in total. The second-order valence-electron chi connectivity index (χ2n) is 5.57. The molecule has 2 aromatic heterocycles. The summed E-state index contributed by atoms with van der Waals surface area (Å²) in [7, 11) is 0. The summed E-state index contributed by atoms with van der Waals surface area (Å²) in [5, 5.41) is 6.23. The molecule has 1 amide bonds. The van der Waals surface area contributed by atoms with E-state index in [4.69, 9.17) is 19.9 Å². The fourth-order valence-corrected chi connectivity index (χ4v) is 2.36. The molecule has 2 heterocycles. The van der Waals surface area contributed by atoms with Gasteiger partial charge in [0.1, 0.15) is 5.65 Å². The van der Waals surface area contributed by atoms with Gasteiger partial charge in [0.25, 0.3) is 5.56 Å². The highest BCUT2D eigenvalue weighted by Gasteiger charge is 2.09. The number of H-pyrrole nitrogens is 2. The van der Waals surface area contributed by atoms with Gasteiger partial charge in [-0.05, 0) is 5.56 Å². The number of nitrogen functional groups attached to an aromatic ring is 1. The van der Waals surface area contributed by atoms with E-state index in [2.05, 4.69) is 25.6 Å². The first-order valence-electron chi connectivity index (χ1n) is 8.69. The summed E-state index contributed by atoms with van der Waals surface area (Å²) < 4.78 is 16.1. The average Bonchev–Trinajstić information content (AvgIpc) is 3.05. The van der Waals surface area contributed by atoms with Gasteiger partial charge in [-0.2, -0.15) is 4.98 Å². The van der Waals surface area contributed by atoms with E-state index < -0.39 is 0 Å². The first-order chi connectivity index (χ1) is 13.2. The molecule has 0 unspecified atom stereocenters. The quantitative estimate of drug-likeness (QED) is 0.188. The van der Waals surface area contributed by atoms with Gasteiger partial charge in [-0.1, -0.05) is 0 Å². The number of nitrogens with zero attached hydrogens (tertiary/aromatic N) is 1. The lowest BCUT2D eigenvalue weighted by Gasteiger charge is -2.07. The predicted octanol–water partition coefficient (Wildman–Crippen LogP) is -1.28. The van der Waals surface area contributed by atoms with Crippen molar-refractivity contribution in [2.75, 3.05) is 58.5 Å². The second kappa shape index (κ2) is 12.0. The topological polar surface area (TPSA) is 156 Å². The van der Waals surface area contributed by atoms with Gasteiger partial charge >= 0.3 is 0 Å². The van der Waals surface area contributed by atoms with Gasteiger partial charge in [-0.3, -0.25) is 14.6 Å². The lowest BCUT2D eigenvalue weighted by Crippen LogP contribution is -2.21. The smallest absolute Gasteiger partial charge is 0.262 e. The number of amides is 1. The van der Waals surface area contributed by atoms with Crippen LogP contribution in [-0.2, 0) is 25.5 Å². The molecule has 0 saturated carbocycles. The van der Waals surface area contributed by atoms with E-state index in [1.165, 1.54) is 0 Å². The zero-order chi connectivity index (χ0) is 19.3. The summed E-state index contributed by atoms with van der Waals surface area (Å²) in [6, 6.07) is 0. The van der Waals surface area contributed by atoms with Crippen molar-refractivity contribution < 1.29 is 19.0 Å². The standard InChI is InChI=1S/C16H26N6O5/c17-16-21-14-13(15(24)22-16)12(10-20-14)9-18-1-3-25-5-7-27-8-6-26-4-2-19-11-23/h10-11,18H,1-9H2,(H,19,23)(H4,17,20,21,22,24). The lowest BCUT2D eigenvalue weighted by molar-refractivity contribution is -0.109. The zero-order valence-electron chi connectivity index (χ0n) is 15.1. The molecule has 0 aliphatic rings. The molecule has 11 heteroatoms. The van der Waals surface area contributed by atoms with E-state index in [0.717, 1.165) is 5.56 Å². The highest BCUT2D eigenvalue weighted by molar-refractivity contribution is 5.79. The number of carbonyl (C=O) groups excluding carboxylic acids is 1. The number of fused-ring (bicyclic) bond motifs is 1. The Morgan fingerprint density at radius 3 is 2.44 bits per heavy atom. The number of anilines is 1. The number of hydrogen-bond donors (Lipinski definition) is 5. The highest BCUT2D eigenvalue weighted by atomic mass is 16.5. The molecule has 0 saturated heterocycles. The van der Waals surface area contributed by atoms with Gasteiger partial charge in [-0.15, -0.1) is 0 Å². The summed E-state index contributed by atoms with van der Waals surface area (Å²) in [6.07, 6.45) is 2.38. The minimum absolute atomic E-state index is 0.0888. The molecular weight excluding hydrogens is 356 g/mol. The van der Waals surface area contributed by atoms with Crippen molar-refractivity contribution in [3.8, 4) is 0 Å². The average molecular weight is 382 g/mol. The maximum absolute atomic E-state index is 11.9. The third-order valence-corrected chi connectivity index (χ3v) is 3.60. The number of rotatable bonds is 15. The number of aromatic amines is 2. The third kappa shape index (κ3) is 7.35. The number of hydrogen-bond acceptors (Lipinski definition) is 8. The molecule has 0 spiro atoms. The fraction of sp³-hybridized carbons (Fsp3) is 0.562. The molecule has 2 rings (SSSR count). The lowest BCUT2D eigenvalue weighted by atomic mass is 10.2. The SMILES string of the molecule is Nc1nc2[nH]cc(CNCCOCCOCCOCCNC=O)c2c(=O)[nH]1. The van der Waals surface area contributed by atoms with E-state index in [1.54, 1.807) is 6.20 Å². The molecule has 27 heavy (non-hydrogen) atoms. The molecule has 150 valence electrons. The summed E-state index contributed by atoms with van der Waals surface area (Å²) in [5.74, 6) is 0.0888. The first-order valence-corrected chi connectivity index (χ1v) is 8.69. The van der Waals surface area contributed by atoms with Crippen LogP contribution in [0.5, 0.6) is 0 Å². The molecule has 11 nitrogen and oxygen atoms in total. The van der Waals surface area contributed by atoms with Gasteiger partial charge < -0.3 is 35.6 Å². The minimum atomic E-state index is -0.257. The molecule has 0 bridgehead atoms. The maximum Gasteiger partial charge on any atom is 0.262 e. The molecule has 0 aromatic carbocycles. The minimum Gasteiger partial charge on any atom is -0.378 e. The van der Waals surface area contributed by atoms with Gasteiger partial charge in [0.15, 0.2) is 0 Å². The summed E-state index contributed by atoms with van der Waals surface area (Å²) in [5.41, 5.74) is 6.56. The molecule has 0 aliphatic heterocycles. The molecule has 0 fully saturated rings. The second-order valence-corrected chi connectivity index (χ2v) is 5.57. The van der Waals surface area contributed by atoms with Gasteiger partial charge in [0.05, 0.1) is 45.0 Å². The van der Waals surface area contributed by atoms with Crippen molar-refractivity contribution in [3.05, 3.63) is 22.1 Å². The Kier molecular flexibility index (Phi) is 9.27. The molecule has 0 radical (unpaired) electrons. The van der Waals surface area contributed by atoms with Crippen LogP contribution < -0.4 is 21.9 Å². The Hall–Kier alpha value is -2.47. The van der Waals surface area contributed by atoms with Crippen molar-refractivity contribution in [1.82, 2.24) is 25.6 Å². The third-order valence-electron chi connectivity index (χ3n) is 3.60. The zero-order valence-corrected chi connectivity index (χ0v) is 15.1. The maximum atomic E-state index is 11.9. The number of nitrogens with two attached hydrogens (primary N) is 1. The van der Waals surface area contributed by atoms with Crippen LogP contribution in [0.3, 0.4) is 0 Å². The fourth-order valence-electron chi connectivity index (χ4n) is 2.36. The largest absolute Gasteiger partial charge is 0.378 e. The van der Waals surface area contributed by atoms with Crippen LogP contribution in [0.1, 0.15) is 5.56 Å². The van der Waals surface area contributed by atoms with Gasteiger partial charge in [-0.25, -0.2) is 0 Å². The van der Waals surface area contributed by atoms with Crippen molar-refractivity contribution >= 4 is 23.4 Å². The summed E-state index contributed by atoms with van der Waals surface area (Å²) in [4.78, 5) is 31.4. The van der Waals surface area contributed by atoms with E-state index >= 15 is 0 Å². The van der Waals surface area contributed by atoms with Crippen LogP contribution >= 0.6 is 0 Å². The predicted molar refractivity (Wildman–Crippen MR) is 99.4 cm³/mol. The molecule has 2 aromatic rings. The van der Waals surface area contributed by atoms with E-state index in [-0.39, 0.29) is 11.5 Å². The van der Waals surface area contributed by atoms with Crippen LogP contribution in [0.4, 0.5) is 5.95 Å². The Morgan fingerprint density at radius 1 is 1.07 bits per heavy atom. The van der Waals surface area contributed by atoms with Crippen LogP contribution in [0, 0.1) is 0 Å². The summed E-state index contributed by atoms with van der Waals surface area (Å²) >= 11 is 0. The van der Waals surface area contributed by atoms with Crippen LogP contribution in [0.2, 0.25) is 0 Å². The molecule has 0 atom stereocenters. The van der Waals surface area contributed by atoms with Gasteiger partial charge in [0.2, 0.25) is 12.4 Å². The van der Waals surface area contributed by atoms with Gasteiger partial charge in [0, 0.05) is 25.8 Å². The number of ether oxygens (including phenoxy) is 3. The normalized spacial score (nSPS) is 11.1. The first kappa shape index (κ1) is 20.8. The highest BCUT2D eigenvalue weighted by Crippen LogP contribution is 2.11. The Labute approximate surface area is 156 Å². The van der Waals surface area contributed by atoms with Crippen molar-refractivity contribution in [1.29, 1.82) is 0 Å². The van der Waals surface area contributed by atoms with Crippen LogP contribution in [0.25, 0.3) is 11.0 Å². The van der Waals surface area contributed by atoms with Crippen LogP contribution in [0.15, 0.2) is 11.0 Å². The van der Waals surface area contributed by atoms with Crippen molar-refractivity contribution in [2.24, 2.45) is 0 Å². The van der Waals surface area contributed by atoms with Crippen molar-refractivity contribution in [3.63, 3.8) is 0 Å². The van der Waals surface area contributed by atoms with E-state index in [1.807, 2.05) is 0 Å². The summed E-state index contributed by atoms with van der Waals surface area (Å²) in [6.45, 7) is 4.59. The number of carbonyl (C=O) groups is 1. The van der Waals surface area contributed by atoms with E-state index in [0.29, 0.717) is 76.7 Å². The molecule has 0 aliphatic carbocycles. The number of nitrogens with one attached hydrogen (secondary N) is 4.